The van der Waals surface area contributed by atoms with E-state index >= 15 is 0 Å². The van der Waals surface area contributed by atoms with Crippen molar-refractivity contribution in [2.24, 2.45) is 11.3 Å². The molecule has 2 aliphatic heterocycles. The average Bonchev–Trinajstić information content (AvgIpc) is 3.00. The molecule has 4 nitrogen and oxygen atoms in total. The van der Waals surface area contributed by atoms with Crippen molar-refractivity contribution < 1.29 is 13.9 Å². The monoisotopic (exact) mass is 318 g/mol. The predicted octanol–water partition coefficient (Wildman–Crippen LogP) is 2.55. The molecule has 1 aromatic rings. The lowest BCUT2D eigenvalue weighted by Gasteiger charge is -2.39. The van der Waals surface area contributed by atoms with Crippen LogP contribution in [0.1, 0.15) is 43.7 Å². The Bertz CT molecular complexity index is 621. The van der Waals surface area contributed by atoms with Crippen LogP contribution < -0.4 is 15.4 Å². The number of nitrogens with one attached hydrogen (secondary N) is 2. The van der Waals surface area contributed by atoms with Gasteiger partial charge in [-0.05, 0) is 43.5 Å². The van der Waals surface area contributed by atoms with Gasteiger partial charge in [-0.3, -0.25) is 4.79 Å². The summed E-state index contributed by atoms with van der Waals surface area (Å²) in [5.74, 6) is 0.965. The lowest BCUT2D eigenvalue weighted by Crippen LogP contribution is -2.49. The Hall–Kier alpha value is -1.62. The van der Waals surface area contributed by atoms with E-state index in [0.717, 1.165) is 37.9 Å². The Labute approximate surface area is 135 Å². The van der Waals surface area contributed by atoms with Gasteiger partial charge >= 0.3 is 0 Å². The van der Waals surface area contributed by atoms with Crippen molar-refractivity contribution in [1.29, 1.82) is 0 Å². The van der Waals surface area contributed by atoms with Crippen LogP contribution in [0.3, 0.4) is 0 Å². The van der Waals surface area contributed by atoms with Crippen LogP contribution in [0.25, 0.3) is 0 Å². The smallest absolute Gasteiger partial charge is 0.228 e. The van der Waals surface area contributed by atoms with E-state index in [1.165, 1.54) is 18.6 Å². The minimum atomic E-state index is -0.287. The summed E-state index contributed by atoms with van der Waals surface area (Å²) in [6, 6.07) is 4.39. The van der Waals surface area contributed by atoms with E-state index in [0.29, 0.717) is 24.7 Å². The van der Waals surface area contributed by atoms with Crippen LogP contribution in [-0.2, 0) is 4.79 Å². The van der Waals surface area contributed by atoms with Crippen molar-refractivity contribution >= 4 is 5.91 Å². The maximum Gasteiger partial charge on any atom is 0.228 e. The largest absolute Gasteiger partial charge is 0.493 e. The highest BCUT2D eigenvalue weighted by Gasteiger charge is 2.50. The zero-order valence-electron chi connectivity index (χ0n) is 13.2. The first-order valence-corrected chi connectivity index (χ1v) is 8.63. The molecule has 1 aliphatic carbocycles. The number of ether oxygens (including phenoxy) is 1. The summed E-state index contributed by atoms with van der Waals surface area (Å²) < 4.78 is 19.2. The van der Waals surface area contributed by atoms with Crippen LogP contribution in [0.15, 0.2) is 18.2 Å². The Morgan fingerprint density at radius 1 is 1.35 bits per heavy atom. The fourth-order valence-corrected chi connectivity index (χ4v) is 4.51. The normalized spacial score (nSPS) is 32.6. The summed E-state index contributed by atoms with van der Waals surface area (Å²) in [5, 5.41) is 6.61. The molecule has 1 amide bonds. The van der Waals surface area contributed by atoms with E-state index in [-0.39, 0.29) is 23.2 Å². The van der Waals surface area contributed by atoms with E-state index in [1.54, 1.807) is 6.07 Å². The van der Waals surface area contributed by atoms with Gasteiger partial charge in [-0.2, -0.15) is 0 Å². The van der Waals surface area contributed by atoms with E-state index in [2.05, 4.69) is 10.6 Å². The Morgan fingerprint density at radius 2 is 2.26 bits per heavy atom. The summed E-state index contributed by atoms with van der Waals surface area (Å²) in [4.78, 5) is 13.1. The molecule has 2 fully saturated rings. The maximum absolute atomic E-state index is 13.6. The highest BCUT2D eigenvalue weighted by atomic mass is 19.1. The van der Waals surface area contributed by atoms with Gasteiger partial charge in [0, 0.05) is 18.5 Å². The van der Waals surface area contributed by atoms with Crippen molar-refractivity contribution in [3.05, 3.63) is 29.6 Å². The fraction of sp³-hybridized carbons (Fsp3) is 0.611. The summed E-state index contributed by atoms with van der Waals surface area (Å²) in [6.45, 7) is 2.26. The van der Waals surface area contributed by atoms with E-state index < -0.39 is 0 Å². The number of carbonyl (C=O) groups is 1. The first-order valence-electron chi connectivity index (χ1n) is 8.63. The standard InChI is InChI=1S/C18H23FN2O2/c19-13-4-5-16-14(9-13)15(6-8-23-16)21-17(22)18-7-2-1-3-12(18)10-20-11-18/h4-5,9,12,15,20H,1-3,6-8,10-11H2,(H,21,22)/t12-,15?,18+/m0/s1. The lowest BCUT2D eigenvalue weighted by atomic mass is 9.67. The highest BCUT2D eigenvalue weighted by molar-refractivity contribution is 5.84. The molecule has 0 spiro atoms. The molecule has 23 heavy (non-hydrogen) atoms. The van der Waals surface area contributed by atoms with Crippen LogP contribution >= 0.6 is 0 Å². The number of carbonyl (C=O) groups excluding carboxylic acids is 1. The number of halogens is 1. The molecule has 0 bridgehead atoms. The molecule has 1 saturated carbocycles. The topological polar surface area (TPSA) is 50.4 Å². The van der Waals surface area contributed by atoms with Gasteiger partial charge in [-0.25, -0.2) is 4.39 Å². The first kappa shape index (κ1) is 14.9. The van der Waals surface area contributed by atoms with Crippen molar-refractivity contribution in [2.45, 2.75) is 38.1 Å². The lowest BCUT2D eigenvalue weighted by molar-refractivity contribution is -0.135. The van der Waals surface area contributed by atoms with Crippen molar-refractivity contribution in [2.75, 3.05) is 19.7 Å². The van der Waals surface area contributed by atoms with Gasteiger partial charge in [-0.15, -0.1) is 0 Å². The molecule has 1 saturated heterocycles. The molecule has 0 aromatic heterocycles. The quantitative estimate of drug-likeness (QED) is 0.881. The molecule has 4 rings (SSSR count). The van der Waals surface area contributed by atoms with E-state index in [9.17, 15) is 9.18 Å². The van der Waals surface area contributed by atoms with E-state index in [1.807, 2.05) is 0 Å². The van der Waals surface area contributed by atoms with Crippen LogP contribution in [0.4, 0.5) is 4.39 Å². The van der Waals surface area contributed by atoms with Crippen LogP contribution in [0.2, 0.25) is 0 Å². The van der Waals surface area contributed by atoms with Crippen LogP contribution in [0.5, 0.6) is 5.75 Å². The summed E-state index contributed by atoms with van der Waals surface area (Å²) >= 11 is 0. The zero-order valence-corrected chi connectivity index (χ0v) is 13.2. The highest BCUT2D eigenvalue weighted by Crippen LogP contribution is 2.44. The van der Waals surface area contributed by atoms with E-state index in [4.69, 9.17) is 4.74 Å². The SMILES string of the molecule is O=C(NC1CCOc2ccc(F)cc21)[C@@]12CCCC[C@H]1CNC2. The number of hydrogen-bond donors (Lipinski definition) is 2. The Morgan fingerprint density at radius 3 is 3.17 bits per heavy atom. The van der Waals surface area contributed by atoms with Crippen molar-refractivity contribution in [3.8, 4) is 5.75 Å². The number of hydrogen-bond acceptors (Lipinski definition) is 3. The first-order chi connectivity index (χ1) is 11.2. The van der Waals surface area contributed by atoms with Crippen molar-refractivity contribution in [3.63, 3.8) is 0 Å². The molecule has 3 atom stereocenters. The minimum absolute atomic E-state index is 0.134. The molecule has 2 heterocycles. The third-order valence-electron chi connectivity index (χ3n) is 5.81. The molecule has 124 valence electrons. The van der Waals surface area contributed by atoms with Gasteiger partial charge in [0.2, 0.25) is 5.91 Å². The molecule has 2 N–H and O–H groups in total. The minimum Gasteiger partial charge on any atom is -0.493 e. The Kier molecular flexibility index (Phi) is 3.76. The molecule has 1 aromatic carbocycles. The van der Waals surface area contributed by atoms with Gasteiger partial charge in [-0.1, -0.05) is 12.8 Å². The van der Waals surface area contributed by atoms with Gasteiger partial charge in [0.15, 0.2) is 0 Å². The third-order valence-corrected chi connectivity index (χ3v) is 5.81. The molecule has 3 aliphatic rings. The molecular weight excluding hydrogens is 295 g/mol. The fourth-order valence-electron chi connectivity index (χ4n) is 4.51. The second-order valence-electron chi connectivity index (χ2n) is 7.08. The molecule has 5 heteroatoms. The Balaban J connectivity index is 1.57. The average molecular weight is 318 g/mol. The molecule has 0 radical (unpaired) electrons. The molecular formula is C18H23FN2O2. The summed E-state index contributed by atoms with van der Waals surface area (Å²) in [6.07, 6.45) is 5.10. The van der Waals surface area contributed by atoms with Crippen LogP contribution in [-0.4, -0.2) is 25.6 Å². The summed E-state index contributed by atoms with van der Waals surface area (Å²) in [7, 11) is 0. The summed E-state index contributed by atoms with van der Waals surface area (Å²) in [5.41, 5.74) is 0.489. The third kappa shape index (κ3) is 2.51. The predicted molar refractivity (Wildman–Crippen MR) is 84.7 cm³/mol. The van der Waals surface area contributed by atoms with Gasteiger partial charge in [0.05, 0.1) is 18.1 Å². The van der Waals surface area contributed by atoms with Crippen molar-refractivity contribution in [1.82, 2.24) is 10.6 Å². The van der Waals surface area contributed by atoms with Crippen LogP contribution in [0, 0.1) is 17.2 Å². The van der Waals surface area contributed by atoms with Gasteiger partial charge in [0.25, 0.3) is 0 Å². The number of benzene rings is 1. The second-order valence-corrected chi connectivity index (χ2v) is 7.08. The number of amides is 1. The van der Waals surface area contributed by atoms with Gasteiger partial charge < -0.3 is 15.4 Å². The number of fused-ring (bicyclic) bond motifs is 2. The molecule has 1 unspecified atom stereocenters. The zero-order chi connectivity index (χ0) is 15.9. The number of rotatable bonds is 2. The second kappa shape index (κ2) is 5.78. The maximum atomic E-state index is 13.6. The van der Waals surface area contributed by atoms with Gasteiger partial charge in [0.1, 0.15) is 11.6 Å².